The summed E-state index contributed by atoms with van der Waals surface area (Å²) in [6.07, 6.45) is 0. The monoisotopic (exact) mass is 311 g/mol. The van der Waals surface area contributed by atoms with E-state index in [2.05, 4.69) is 15.9 Å². The fourth-order valence-corrected chi connectivity index (χ4v) is 2.42. The lowest BCUT2D eigenvalue weighted by Gasteiger charge is -2.49. The minimum atomic E-state index is -0.703. The van der Waals surface area contributed by atoms with E-state index in [1.54, 1.807) is 4.90 Å². The number of likely N-dealkylation sites (tertiary alicyclic amines) is 1. The van der Waals surface area contributed by atoms with Crippen LogP contribution in [-0.4, -0.2) is 34.6 Å². The Hall–Kier alpha value is -0.870. The van der Waals surface area contributed by atoms with Crippen molar-refractivity contribution in [3.63, 3.8) is 0 Å². The van der Waals surface area contributed by atoms with Gasteiger partial charge in [-0.3, -0.25) is 4.79 Å². The van der Waals surface area contributed by atoms with Crippen LogP contribution in [0.15, 0.2) is 24.3 Å². The van der Waals surface area contributed by atoms with Crippen LogP contribution >= 0.6 is 15.9 Å². The van der Waals surface area contributed by atoms with Crippen molar-refractivity contribution in [3.05, 3.63) is 35.4 Å². The first-order valence-electron chi connectivity index (χ1n) is 6.13. The van der Waals surface area contributed by atoms with Crippen LogP contribution in [0, 0.1) is 5.92 Å². The predicted octanol–water partition coefficient (Wildman–Crippen LogP) is 2.42. The van der Waals surface area contributed by atoms with Gasteiger partial charge in [-0.25, -0.2) is 0 Å². The molecule has 0 unspecified atom stereocenters. The molecule has 1 aliphatic heterocycles. The van der Waals surface area contributed by atoms with Crippen molar-refractivity contribution in [2.24, 2.45) is 5.92 Å². The van der Waals surface area contributed by atoms with Crippen LogP contribution in [0.3, 0.4) is 0 Å². The first-order valence-corrected chi connectivity index (χ1v) is 7.25. The molecule has 98 valence electrons. The summed E-state index contributed by atoms with van der Waals surface area (Å²) in [5, 5.41) is 10.9. The number of halogens is 1. The maximum atomic E-state index is 12.1. The van der Waals surface area contributed by atoms with E-state index in [1.807, 2.05) is 38.1 Å². The summed E-state index contributed by atoms with van der Waals surface area (Å²) in [6, 6.07) is 7.56. The molecule has 1 aliphatic rings. The molecular weight excluding hydrogens is 294 g/mol. The van der Waals surface area contributed by atoms with E-state index in [0.717, 1.165) is 10.9 Å². The zero-order valence-corrected chi connectivity index (χ0v) is 12.3. The Labute approximate surface area is 116 Å². The van der Waals surface area contributed by atoms with E-state index in [1.165, 1.54) is 0 Å². The van der Waals surface area contributed by atoms with Crippen LogP contribution in [0.4, 0.5) is 0 Å². The third-order valence-corrected chi connectivity index (χ3v) is 4.29. The summed E-state index contributed by atoms with van der Waals surface area (Å²) in [5.74, 6) is 0.179. The number of carbonyl (C=O) groups excluding carboxylic acids is 1. The van der Waals surface area contributed by atoms with Gasteiger partial charge in [0.25, 0.3) is 5.91 Å². The highest BCUT2D eigenvalue weighted by Gasteiger charge is 2.45. The van der Waals surface area contributed by atoms with Crippen LogP contribution in [0.2, 0.25) is 0 Å². The summed E-state index contributed by atoms with van der Waals surface area (Å²) in [4.78, 5) is 13.8. The summed E-state index contributed by atoms with van der Waals surface area (Å²) in [7, 11) is 0. The lowest BCUT2D eigenvalue weighted by molar-refractivity contribution is -0.110. The quantitative estimate of drug-likeness (QED) is 0.871. The fraction of sp³-hybridized carbons (Fsp3) is 0.500. The van der Waals surface area contributed by atoms with E-state index in [0.29, 0.717) is 18.7 Å². The molecule has 1 amide bonds. The molecule has 3 nitrogen and oxygen atoms in total. The molecule has 0 aliphatic carbocycles. The van der Waals surface area contributed by atoms with Crippen molar-refractivity contribution in [2.75, 3.05) is 13.1 Å². The number of alkyl halides is 1. The molecule has 1 aromatic rings. The number of aliphatic hydroxyl groups is 1. The van der Waals surface area contributed by atoms with Crippen molar-refractivity contribution < 1.29 is 9.90 Å². The van der Waals surface area contributed by atoms with Gasteiger partial charge in [0, 0.05) is 10.9 Å². The zero-order valence-electron chi connectivity index (χ0n) is 10.7. The molecule has 1 fully saturated rings. The van der Waals surface area contributed by atoms with Gasteiger partial charge in [-0.15, -0.1) is 0 Å². The molecule has 0 radical (unpaired) electrons. The second-order valence-corrected chi connectivity index (χ2v) is 5.81. The van der Waals surface area contributed by atoms with Crippen LogP contribution in [-0.2, 0) is 5.33 Å². The van der Waals surface area contributed by atoms with E-state index >= 15 is 0 Å². The minimum absolute atomic E-state index is 0.00134. The molecule has 2 rings (SSSR count). The molecule has 4 heteroatoms. The van der Waals surface area contributed by atoms with Gasteiger partial charge in [0.2, 0.25) is 0 Å². The van der Waals surface area contributed by atoms with Gasteiger partial charge in [0.15, 0.2) is 0 Å². The Morgan fingerprint density at radius 3 is 2.39 bits per heavy atom. The first-order chi connectivity index (χ1) is 8.46. The number of amides is 1. The molecule has 0 atom stereocenters. The highest BCUT2D eigenvalue weighted by Crippen LogP contribution is 2.29. The number of nitrogens with zero attached hydrogens (tertiary/aromatic N) is 1. The Bertz CT molecular complexity index is 436. The Balaban J connectivity index is 2.01. The van der Waals surface area contributed by atoms with Crippen molar-refractivity contribution in [1.82, 2.24) is 4.90 Å². The Kier molecular flexibility index (Phi) is 3.78. The number of rotatable bonds is 3. The standard InChI is InChI=1S/C14H18BrNO2/c1-10(2)14(18)8-16(9-14)13(17)12-5-3-11(7-15)4-6-12/h3-6,10,18H,7-9H2,1-2H3. The number of benzene rings is 1. The maximum absolute atomic E-state index is 12.1. The lowest BCUT2D eigenvalue weighted by Crippen LogP contribution is -2.65. The molecule has 1 heterocycles. The van der Waals surface area contributed by atoms with Gasteiger partial charge in [0.05, 0.1) is 13.1 Å². The summed E-state index contributed by atoms with van der Waals surface area (Å²) in [6.45, 7) is 4.83. The van der Waals surface area contributed by atoms with Crippen molar-refractivity contribution >= 4 is 21.8 Å². The fourth-order valence-electron chi connectivity index (χ4n) is 2.04. The van der Waals surface area contributed by atoms with Crippen molar-refractivity contribution in [3.8, 4) is 0 Å². The number of hydrogen-bond donors (Lipinski definition) is 1. The molecule has 0 saturated carbocycles. The number of β-amino-alcohol motifs (C(OH)–C–C–N with tert-alkyl or cyclic N) is 1. The Morgan fingerprint density at radius 1 is 1.39 bits per heavy atom. The smallest absolute Gasteiger partial charge is 0.254 e. The predicted molar refractivity (Wildman–Crippen MR) is 74.8 cm³/mol. The third kappa shape index (κ3) is 2.45. The highest BCUT2D eigenvalue weighted by atomic mass is 79.9. The molecule has 0 aromatic heterocycles. The van der Waals surface area contributed by atoms with E-state index in [9.17, 15) is 9.90 Å². The summed E-state index contributed by atoms with van der Waals surface area (Å²) < 4.78 is 0. The first kappa shape index (κ1) is 13.6. The second kappa shape index (κ2) is 5.02. The molecule has 1 aromatic carbocycles. The topological polar surface area (TPSA) is 40.5 Å². The second-order valence-electron chi connectivity index (χ2n) is 5.25. The molecule has 0 bridgehead atoms. The van der Waals surface area contributed by atoms with Gasteiger partial charge in [-0.05, 0) is 23.6 Å². The van der Waals surface area contributed by atoms with Gasteiger partial charge in [-0.1, -0.05) is 41.9 Å². The third-order valence-electron chi connectivity index (χ3n) is 3.65. The van der Waals surface area contributed by atoms with E-state index in [4.69, 9.17) is 0 Å². The highest BCUT2D eigenvalue weighted by molar-refractivity contribution is 9.08. The lowest BCUT2D eigenvalue weighted by atomic mass is 9.82. The average molecular weight is 312 g/mol. The van der Waals surface area contributed by atoms with Gasteiger partial charge in [-0.2, -0.15) is 0 Å². The van der Waals surface area contributed by atoms with E-state index in [-0.39, 0.29) is 11.8 Å². The van der Waals surface area contributed by atoms with Crippen LogP contribution in [0.25, 0.3) is 0 Å². The summed E-state index contributed by atoms with van der Waals surface area (Å²) >= 11 is 3.38. The van der Waals surface area contributed by atoms with Crippen molar-refractivity contribution in [2.45, 2.75) is 24.8 Å². The Morgan fingerprint density at radius 2 is 1.94 bits per heavy atom. The normalized spacial score (nSPS) is 17.7. The summed E-state index contributed by atoms with van der Waals surface area (Å²) in [5.41, 5.74) is 1.13. The molecule has 0 spiro atoms. The minimum Gasteiger partial charge on any atom is -0.386 e. The van der Waals surface area contributed by atoms with Crippen LogP contribution < -0.4 is 0 Å². The van der Waals surface area contributed by atoms with Gasteiger partial charge < -0.3 is 10.0 Å². The number of hydrogen-bond acceptors (Lipinski definition) is 2. The molecule has 1 saturated heterocycles. The number of carbonyl (C=O) groups is 1. The zero-order chi connectivity index (χ0) is 13.3. The largest absolute Gasteiger partial charge is 0.386 e. The molecular formula is C14H18BrNO2. The molecule has 1 N–H and O–H groups in total. The average Bonchev–Trinajstić information content (AvgIpc) is 2.34. The van der Waals surface area contributed by atoms with Crippen molar-refractivity contribution in [1.29, 1.82) is 0 Å². The molecule has 18 heavy (non-hydrogen) atoms. The van der Waals surface area contributed by atoms with Crippen LogP contribution in [0.5, 0.6) is 0 Å². The van der Waals surface area contributed by atoms with Gasteiger partial charge in [0.1, 0.15) is 5.60 Å². The SMILES string of the molecule is CC(C)C1(O)CN(C(=O)c2ccc(CBr)cc2)C1. The maximum Gasteiger partial charge on any atom is 0.254 e. The van der Waals surface area contributed by atoms with E-state index < -0.39 is 5.60 Å². The van der Waals surface area contributed by atoms with Crippen LogP contribution in [0.1, 0.15) is 29.8 Å². The van der Waals surface area contributed by atoms with Gasteiger partial charge >= 0.3 is 0 Å².